The summed E-state index contributed by atoms with van der Waals surface area (Å²) in [4.78, 5) is 36.9. The summed E-state index contributed by atoms with van der Waals surface area (Å²) in [5, 5.41) is 11.8. The lowest BCUT2D eigenvalue weighted by molar-refractivity contribution is -0.143. The van der Waals surface area contributed by atoms with Gasteiger partial charge in [-0.15, -0.1) is 0 Å². The first-order chi connectivity index (χ1) is 15.4. The SMILES string of the molecule is CN(CC(=O)O)C(=O)CC1CCCC1NC(=O)OCC1c2ccccc2-c2ccccc21. The van der Waals surface area contributed by atoms with Crippen molar-refractivity contribution in [2.75, 3.05) is 20.2 Å². The molecule has 0 aromatic heterocycles. The minimum atomic E-state index is -1.04. The number of benzene rings is 2. The highest BCUT2D eigenvalue weighted by Crippen LogP contribution is 2.44. The number of ether oxygens (including phenoxy) is 1. The van der Waals surface area contributed by atoms with Gasteiger partial charge in [0.15, 0.2) is 0 Å². The topological polar surface area (TPSA) is 95.9 Å². The maximum absolute atomic E-state index is 12.6. The number of rotatable bonds is 7. The van der Waals surface area contributed by atoms with E-state index in [0.29, 0.717) is 0 Å². The van der Waals surface area contributed by atoms with Gasteiger partial charge in [0.25, 0.3) is 0 Å². The number of hydrogen-bond donors (Lipinski definition) is 2. The molecular formula is C25H28N2O5. The third kappa shape index (κ3) is 4.61. The molecule has 0 heterocycles. The Morgan fingerprint density at radius 1 is 1.03 bits per heavy atom. The van der Waals surface area contributed by atoms with Crippen LogP contribution in [0, 0.1) is 5.92 Å². The second kappa shape index (κ2) is 9.42. The molecule has 7 nitrogen and oxygen atoms in total. The number of nitrogens with zero attached hydrogens (tertiary/aromatic N) is 1. The molecule has 0 bridgehead atoms. The summed E-state index contributed by atoms with van der Waals surface area (Å²) in [6, 6.07) is 16.2. The molecule has 2 atom stereocenters. The van der Waals surface area contributed by atoms with E-state index in [0.717, 1.165) is 30.4 Å². The molecule has 2 N–H and O–H groups in total. The number of nitrogens with one attached hydrogen (secondary N) is 1. The molecule has 2 aromatic rings. The van der Waals surface area contributed by atoms with E-state index < -0.39 is 12.1 Å². The summed E-state index contributed by atoms with van der Waals surface area (Å²) in [5.74, 6) is -1.28. The number of hydrogen-bond acceptors (Lipinski definition) is 4. The van der Waals surface area contributed by atoms with Gasteiger partial charge in [0.2, 0.25) is 5.91 Å². The van der Waals surface area contributed by atoms with Crippen molar-refractivity contribution in [1.29, 1.82) is 0 Å². The third-order valence-corrected chi connectivity index (χ3v) is 6.54. The largest absolute Gasteiger partial charge is 0.480 e. The van der Waals surface area contributed by atoms with Crippen LogP contribution in [0.4, 0.5) is 4.79 Å². The maximum Gasteiger partial charge on any atom is 0.407 e. The zero-order valence-corrected chi connectivity index (χ0v) is 18.1. The minimum absolute atomic E-state index is 0.00114. The molecule has 168 valence electrons. The fraction of sp³-hybridized carbons (Fsp3) is 0.400. The van der Waals surface area contributed by atoms with Gasteiger partial charge in [-0.3, -0.25) is 9.59 Å². The standard InChI is InChI=1S/C25H28N2O5/c1-27(14-24(29)30)23(28)13-16-7-6-12-22(16)26-25(31)32-15-21-19-10-4-2-8-17(19)18-9-3-5-11-20(18)21/h2-5,8-11,16,21-22H,6-7,12-15H2,1H3,(H,26,31)(H,29,30). The molecule has 2 amide bonds. The summed E-state index contributed by atoms with van der Waals surface area (Å²) in [6.07, 6.45) is 2.26. The van der Waals surface area contributed by atoms with Crippen molar-refractivity contribution < 1.29 is 24.2 Å². The van der Waals surface area contributed by atoms with E-state index in [1.54, 1.807) is 0 Å². The Kier molecular flexibility index (Phi) is 6.44. The van der Waals surface area contributed by atoms with Crippen molar-refractivity contribution in [1.82, 2.24) is 10.2 Å². The molecule has 0 radical (unpaired) electrons. The van der Waals surface area contributed by atoms with E-state index in [2.05, 4.69) is 29.6 Å². The van der Waals surface area contributed by atoms with Crippen LogP contribution in [-0.4, -0.2) is 54.2 Å². The van der Waals surface area contributed by atoms with Gasteiger partial charge in [0.05, 0.1) is 0 Å². The Hall–Kier alpha value is -3.35. The lowest BCUT2D eigenvalue weighted by atomic mass is 9.98. The highest BCUT2D eigenvalue weighted by Gasteiger charge is 2.33. The summed E-state index contributed by atoms with van der Waals surface area (Å²) < 4.78 is 5.63. The Morgan fingerprint density at radius 3 is 2.28 bits per heavy atom. The molecule has 2 aliphatic carbocycles. The van der Waals surface area contributed by atoms with Crippen LogP contribution < -0.4 is 5.32 Å². The Balaban J connectivity index is 1.34. The van der Waals surface area contributed by atoms with E-state index in [1.807, 2.05) is 24.3 Å². The molecule has 4 rings (SSSR count). The van der Waals surface area contributed by atoms with E-state index in [-0.39, 0.29) is 43.4 Å². The number of carboxylic acid groups (broad SMARTS) is 1. The zero-order chi connectivity index (χ0) is 22.7. The maximum atomic E-state index is 12.6. The summed E-state index contributed by atoms with van der Waals surface area (Å²) in [7, 11) is 1.49. The number of fused-ring (bicyclic) bond motifs is 3. The molecular weight excluding hydrogens is 408 g/mol. The average molecular weight is 437 g/mol. The molecule has 7 heteroatoms. The van der Waals surface area contributed by atoms with Crippen LogP contribution in [0.3, 0.4) is 0 Å². The van der Waals surface area contributed by atoms with Crippen molar-refractivity contribution >= 4 is 18.0 Å². The first-order valence-electron chi connectivity index (χ1n) is 11.0. The van der Waals surface area contributed by atoms with Crippen molar-refractivity contribution in [2.45, 2.75) is 37.6 Å². The third-order valence-electron chi connectivity index (χ3n) is 6.54. The lowest BCUT2D eigenvalue weighted by Gasteiger charge is -2.23. The smallest absolute Gasteiger partial charge is 0.407 e. The number of carbonyl (C=O) groups is 3. The van der Waals surface area contributed by atoms with Crippen molar-refractivity contribution in [3.8, 4) is 11.1 Å². The molecule has 2 aromatic carbocycles. The van der Waals surface area contributed by atoms with Gasteiger partial charge in [0.1, 0.15) is 13.2 Å². The van der Waals surface area contributed by atoms with Crippen LogP contribution in [0.5, 0.6) is 0 Å². The van der Waals surface area contributed by atoms with Crippen molar-refractivity contribution in [2.24, 2.45) is 5.92 Å². The van der Waals surface area contributed by atoms with E-state index in [9.17, 15) is 14.4 Å². The van der Waals surface area contributed by atoms with Crippen LogP contribution in [0.1, 0.15) is 42.7 Å². The van der Waals surface area contributed by atoms with Crippen LogP contribution in [0.2, 0.25) is 0 Å². The fourth-order valence-electron chi connectivity index (χ4n) is 4.93. The van der Waals surface area contributed by atoms with E-state index in [4.69, 9.17) is 9.84 Å². The number of amides is 2. The molecule has 2 aliphatic rings. The number of carbonyl (C=O) groups excluding carboxylic acids is 2. The summed E-state index contributed by atoms with van der Waals surface area (Å²) in [6.45, 7) is -0.0758. The molecule has 1 saturated carbocycles. The predicted molar refractivity (Wildman–Crippen MR) is 119 cm³/mol. The first kappa shape index (κ1) is 21.9. The van der Waals surface area contributed by atoms with Gasteiger partial charge in [-0.2, -0.15) is 0 Å². The van der Waals surface area contributed by atoms with Gasteiger partial charge in [0, 0.05) is 25.4 Å². The summed E-state index contributed by atoms with van der Waals surface area (Å²) >= 11 is 0. The van der Waals surface area contributed by atoms with Crippen LogP contribution in [-0.2, 0) is 14.3 Å². The number of carboxylic acids is 1. The number of aliphatic carboxylic acids is 1. The normalized spacial score (nSPS) is 19.2. The zero-order valence-electron chi connectivity index (χ0n) is 18.1. The highest BCUT2D eigenvalue weighted by atomic mass is 16.5. The Labute approximate surface area is 187 Å². The number of alkyl carbamates (subject to hydrolysis) is 1. The minimum Gasteiger partial charge on any atom is -0.480 e. The van der Waals surface area contributed by atoms with Gasteiger partial charge in [-0.05, 0) is 41.0 Å². The monoisotopic (exact) mass is 436 g/mol. The van der Waals surface area contributed by atoms with Crippen LogP contribution >= 0.6 is 0 Å². The second-order valence-electron chi connectivity index (χ2n) is 8.62. The molecule has 0 saturated heterocycles. The fourth-order valence-corrected chi connectivity index (χ4v) is 4.93. The first-order valence-corrected chi connectivity index (χ1v) is 11.0. The molecule has 2 unspecified atom stereocenters. The molecule has 32 heavy (non-hydrogen) atoms. The van der Waals surface area contributed by atoms with E-state index >= 15 is 0 Å². The van der Waals surface area contributed by atoms with E-state index in [1.165, 1.54) is 23.1 Å². The Bertz CT molecular complexity index is 975. The van der Waals surface area contributed by atoms with Gasteiger partial charge in [-0.25, -0.2) is 4.79 Å². The Morgan fingerprint density at radius 2 is 1.66 bits per heavy atom. The van der Waals surface area contributed by atoms with Gasteiger partial charge in [-0.1, -0.05) is 55.0 Å². The number of likely N-dealkylation sites (N-methyl/N-ethyl adjacent to an activating group) is 1. The van der Waals surface area contributed by atoms with Gasteiger partial charge >= 0.3 is 12.1 Å². The van der Waals surface area contributed by atoms with Crippen LogP contribution in [0.25, 0.3) is 11.1 Å². The molecule has 0 spiro atoms. The summed E-state index contributed by atoms with van der Waals surface area (Å²) in [5.41, 5.74) is 4.67. The lowest BCUT2D eigenvalue weighted by Crippen LogP contribution is -2.41. The van der Waals surface area contributed by atoms with Crippen molar-refractivity contribution in [3.05, 3.63) is 59.7 Å². The quantitative estimate of drug-likeness (QED) is 0.691. The predicted octanol–water partition coefficient (Wildman–Crippen LogP) is 3.63. The molecule has 1 fully saturated rings. The molecule has 0 aliphatic heterocycles. The van der Waals surface area contributed by atoms with Gasteiger partial charge < -0.3 is 20.1 Å². The highest BCUT2D eigenvalue weighted by molar-refractivity contribution is 5.81. The average Bonchev–Trinajstić information content (AvgIpc) is 3.33. The second-order valence-corrected chi connectivity index (χ2v) is 8.62. The van der Waals surface area contributed by atoms with Crippen molar-refractivity contribution in [3.63, 3.8) is 0 Å². The van der Waals surface area contributed by atoms with Crippen LogP contribution in [0.15, 0.2) is 48.5 Å².